The Kier molecular flexibility index (Phi) is 16.1. The highest BCUT2D eigenvalue weighted by molar-refractivity contribution is 4.78. The highest BCUT2D eigenvalue weighted by Gasteiger charge is 2.26. The third kappa shape index (κ3) is 32.2. The van der Waals surface area contributed by atoms with E-state index in [0.717, 1.165) is 17.8 Å². The van der Waals surface area contributed by atoms with Gasteiger partial charge in [0.05, 0.1) is 0 Å². The second kappa shape index (κ2) is 15.1. The standard InChI is InChI=1S/C9H18.C8H16.C8H18.C7H16/c1-9(2,3)7-8-5-4-6-8;1-8(2,3)6-7-4-5-7;1-7(2)6-8(3,4)5;1-5-6-7(2,3)4/h8H,4-7H2,1-3H3;7H,4-6H2,1-3H3;7H,6H2,1-5H3;5-6H2,1-4H3. The molecule has 2 fully saturated rings. The van der Waals surface area contributed by atoms with Gasteiger partial charge in [-0.05, 0) is 65.1 Å². The van der Waals surface area contributed by atoms with Crippen LogP contribution < -0.4 is 0 Å². The zero-order valence-corrected chi connectivity index (χ0v) is 25.8. The average Bonchev–Trinajstić information content (AvgIpc) is 3.22. The molecule has 0 unspecified atom stereocenters. The van der Waals surface area contributed by atoms with Crippen molar-refractivity contribution in [2.75, 3.05) is 0 Å². The van der Waals surface area contributed by atoms with Gasteiger partial charge in [0.25, 0.3) is 0 Å². The average molecular weight is 453 g/mol. The summed E-state index contributed by atoms with van der Waals surface area (Å²) in [5.41, 5.74) is 2.23. The molecule has 0 aromatic rings. The van der Waals surface area contributed by atoms with E-state index in [2.05, 4.69) is 104 Å². The van der Waals surface area contributed by atoms with Crippen molar-refractivity contribution in [1.29, 1.82) is 0 Å². The first kappa shape index (κ1) is 34.2. The summed E-state index contributed by atoms with van der Waals surface area (Å²) in [4.78, 5) is 0. The molecule has 0 heterocycles. The summed E-state index contributed by atoms with van der Waals surface area (Å²) in [6.07, 6.45) is 14.3. The Labute approximate surface area is 207 Å². The predicted octanol–water partition coefficient (Wildman–Crippen LogP) is 12.0. The summed E-state index contributed by atoms with van der Waals surface area (Å²) in [6, 6.07) is 0. The molecule has 0 atom stereocenters. The number of hydrogen-bond donors (Lipinski definition) is 0. The first-order chi connectivity index (χ1) is 14.1. The smallest absolute Gasteiger partial charge is 0.0380 e. The predicted molar refractivity (Wildman–Crippen MR) is 151 cm³/mol. The van der Waals surface area contributed by atoms with Gasteiger partial charge in [-0.1, -0.05) is 142 Å². The molecular formula is C32H68. The molecule has 0 N–H and O–H groups in total. The van der Waals surface area contributed by atoms with Crippen LogP contribution in [0.5, 0.6) is 0 Å². The molecule has 2 rings (SSSR count). The van der Waals surface area contributed by atoms with Crippen LogP contribution >= 0.6 is 0 Å². The van der Waals surface area contributed by atoms with E-state index < -0.39 is 0 Å². The zero-order valence-electron chi connectivity index (χ0n) is 25.8. The van der Waals surface area contributed by atoms with E-state index in [1.54, 1.807) is 0 Å². The lowest BCUT2D eigenvalue weighted by Gasteiger charge is -2.31. The van der Waals surface area contributed by atoms with E-state index >= 15 is 0 Å². The Hall–Kier alpha value is 0. The molecule has 196 valence electrons. The van der Waals surface area contributed by atoms with E-state index in [1.807, 2.05) is 0 Å². The minimum absolute atomic E-state index is 0.522. The summed E-state index contributed by atoms with van der Waals surface area (Å²) in [7, 11) is 0. The summed E-state index contributed by atoms with van der Waals surface area (Å²) in [5.74, 6) is 3.01. The quantitative estimate of drug-likeness (QED) is 0.397. The molecule has 0 bridgehead atoms. The topological polar surface area (TPSA) is 0 Å². The first-order valence-corrected chi connectivity index (χ1v) is 14.1. The van der Waals surface area contributed by atoms with Gasteiger partial charge in [0.15, 0.2) is 0 Å². The van der Waals surface area contributed by atoms with Crippen LogP contribution in [0.1, 0.15) is 168 Å². The van der Waals surface area contributed by atoms with Crippen LogP contribution in [0.2, 0.25) is 0 Å². The van der Waals surface area contributed by atoms with E-state index in [0.29, 0.717) is 21.7 Å². The fourth-order valence-corrected chi connectivity index (χ4v) is 4.73. The van der Waals surface area contributed by atoms with Crippen LogP contribution in [0.15, 0.2) is 0 Å². The molecule has 0 aromatic carbocycles. The Bertz CT molecular complexity index is 405. The highest BCUT2D eigenvalue weighted by atomic mass is 14.3. The van der Waals surface area contributed by atoms with Gasteiger partial charge in [0.1, 0.15) is 0 Å². The maximum atomic E-state index is 2.34. The van der Waals surface area contributed by atoms with Crippen molar-refractivity contribution < 1.29 is 0 Å². The first-order valence-electron chi connectivity index (χ1n) is 14.1. The van der Waals surface area contributed by atoms with Gasteiger partial charge in [0.2, 0.25) is 0 Å². The Morgan fingerprint density at radius 2 is 0.938 bits per heavy atom. The van der Waals surface area contributed by atoms with Gasteiger partial charge in [0, 0.05) is 0 Å². The van der Waals surface area contributed by atoms with Gasteiger partial charge < -0.3 is 0 Å². The maximum absolute atomic E-state index is 2.34. The molecule has 0 heteroatoms. The molecule has 0 saturated heterocycles. The van der Waals surface area contributed by atoms with E-state index in [1.165, 1.54) is 64.2 Å². The van der Waals surface area contributed by atoms with Crippen LogP contribution in [0, 0.1) is 39.4 Å². The molecule has 0 nitrogen and oxygen atoms in total. The SMILES string of the molecule is CC(C)(C)CC1CC1.CC(C)(C)CC1CCC1.CC(C)CC(C)(C)C.CCCC(C)(C)C. The second-order valence-corrected chi connectivity index (χ2v) is 16.2. The third-order valence-electron chi connectivity index (χ3n) is 5.74. The van der Waals surface area contributed by atoms with Crippen LogP contribution in [0.25, 0.3) is 0 Å². The molecule has 0 aliphatic heterocycles. The van der Waals surface area contributed by atoms with Crippen LogP contribution in [0.3, 0.4) is 0 Å². The molecule has 0 radical (unpaired) electrons. The zero-order chi connectivity index (χ0) is 25.8. The van der Waals surface area contributed by atoms with E-state index in [9.17, 15) is 0 Å². The molecule has 2 saturated carbocycles. The summed E-state index contributed by atoms with van der Waals surface area (Å²) in [6.45, 7) is 34.4. The fourth-order valence-electron chi connectivity index (χ4n) is 4.73. The number of hydrogen-bond acceptors (Lipinski definition) is 0. The Morgan fingerprint density at radius 1 is 0.562 bits per heavy atom. The van der Waals surface area contributed by atoms with Gasteiger partial charge in [-0.3, -0.25) is 0 Å². The minimum Gasteiger partial charge on any atom is -0.0654 e. The molecule has 2 aliphatic rings. The van der Waals surface area contributed by atoms with E-state index in [-0.39, 0.29) is 0 Å². The maximum Gasteiger partial charge on any atom is -0.0380 e. The van der Waals surface area contributed by atoms with E-state index in [4.69, 9.17) is 0 Å². The lowest BCUT2D eigenvalue weighted by Crippen LogP contribution is -2.18. The number of rotatable bonds is 4. The molecule has 0 spiro atoms. The van der Waals surface area contributed by atoms with Crippen molar-refractivity contribution in [3.8, 4) is 0 Å². The lowest BCUT2D eigenvalue weighted by molar-refractivity contribution is 0.207. The Balaban J connectivity index is 0. The van der Waals surface area contributed by atoms with Crippen molar-refractivity contribution >= 4 is 0 Å². The highest BCUT2D eigenvalue weighted by Crippen LogP contribution is 2.39. The van der Waals surface area contributed by atoms with Gasteiger partial charge in [-0.25, -0.2) is 0 Å². The Morgan fingerprint density at radius 3 is 0.969 bits per heavy atom. The van der Waals surface area contributed by atoms with Crippen LogP contribution in [-0.2, 0) is 0 Å². The molecule has 0 amide bonds. The van der Waals surface area contributed by atoms with Crippen LogP contribution in [0.4, 0.5) is 0 Å². The van der Waals surface area contributed by atoms with Crippen molar-refractivity contribution in [1.82, 2.24) is 0 Å². The van der Waals surface area contributed by atoms with Crippen molar-refractivity contribution in [2.24, 2.45) is 39.4 Å². The molecule has 0 aromatic heterocycles. The van der Waals surface area contributed by atoms with Crippen LogP contribution in [-0.4, -0.2) is 0 Å². The van der Waals surface area contributed by atoms with Crippen molar-refractivity contribution in [3.63, 3.8) is 0 Å². The van der Waals surface area contributed by atoms with Gasteiger partial charge >= 0.3 is 0 Å². The molecule has 2 aliphatic carbocycles. The third-order valence-corrected chi connectivity index (χ3v) is 5.74. The summed E-state index contributed by atoms with van der Waals surface area (Å²) < 4.78 is 0. The summed E-state index contributed by atoms with van der Waals surface area (Å²) in [5, 5.41) is 0. The van der Waals surface area contributed by atoms with Crippen molar-refractivity contribution in [2.45, 2.75) is 168 Å². The largest absolute Gasteiger partial charge is 0.0654 e. The monoisotopic (exact) mass is 453 g/mol. The van der Waals surface area contributed by atoms with Gasteiger partial charge in [-0.15, -0.1) is 0 Å². The fraction of sp³-hybridized carbons (Fsp3) is 1.00. The lowest BCUT2D eigenvalue weighted by atomic mass is 9.74. The minimum atomic E-state index is 0.522. The molecular weight excluding hydrogens is 384 g/mol. The van der Waals surface area contributed by atoms with Gasteiger partial charge in [-0.2, -0.15) is 0 Å². The molecule has 32 heavy (non-hydrogen) atoms. The normalized spacial score (nSPS) is 17.2. The second-order valence-electron chi connectivity index (χ2n) is 16.2. The summed E-state index contributed by atoms with van der Waals surface area (Å²) >= 11 is 0. The van der Waals surface area contributed by atoms with Crippen molar-refractivity contribution in [3.05, 3.63) is 0 Å².